The molecule has 28 heavy (non-hydrogen) atoms. The zero-order valence-electron chi connectivity index (χ0n) is 16.2. The average Bonchev–Trinajstić information content (AvgIpc) is 3.49. The number of hydrogen-bond donors (Lipinski definition) is 2. The summed E-state index contributed by atoms with van der Waals surface area (Å²) >= 11 is 5.80. The minimum absolute atomic E-state index is 0.0518. The molecule has 3 rings (SSSR count). The Morgan fingerprint density at radius 1 is 1.11 bits per heavy atom. The van der Waals surface area contributed by atoms with Gasteiger partial charge in [0.1, 0.15) is 5.82 Å². The molecule has 0 atom stereocenters. The molecule has 148 valence electrons. The minimum Gasteiger partial charge on any atom is -0.324 e. The van der Waals surface area contributed by atoms with Gasteiger partial charge in [-0.1, -0.05) is 29.8 Å². The maximum atomic E-state index is 12.6. The minimum atomic E-state index is -0.129. The molecule has 1 fully saturated rings. The largest absolute Gasteiger partial charge is 0.324 e. The number of nitrogens with one attached hydrogen (secondary N) is 2. The summed E-state index contributed by atoms with van der Waals surface area (Å²) in [5.41, 5.74) is 2.96. The van der Waals surface area contributed by atoms with Gasteiger partial charge in [-0.15, -0.1) is 0 Å². The third-order valence-corrected chi connectivity index (χ3v) is 5.00. The molecule has 7 heteroatoms. The fraction of sp³-hybridized carbons (Fsp3) is 0.381. The molecular formula is C21H25ClN4O2. The third-order valence-electron chi connectivity index (χ3n) is 4.78. The van der Waals surface area contributed by atoms with Gasteiger partial charge in [0.25, 0.3) is 0 Å². The fourth-order valence-corrected chi connectivity index (χ4v) is 3.22. The van der Waals surface area contributed by atoms with Crippen LogP contribution in [0.2, 0.25) is 5.02 Å². The number of hydrogen-bond acceptors (Lipinski definition) is 4. The lowest BCUT2D eigenvalue weighted by atomic mass is 10.1. The molecule has 0 saturated heterocycles. The van der Waals surface area contributed by atoms with Crippen LogP contribution >= 0.6 is 11.6 Å². The number of nitrogens with zero attached hydrogens (tertiary/aromatic N) is 2. The summed E-state index contributed by atoms with van der Waals surface area (Å²) in [5, 5.41) is 6.30. The topological polar surface area (TPSA) is 74.3 Å². The average molecular weight is 401 g/mol. The SMILES string of the molecule is Cc1cccc(C)c1NC(=O)CN(CCC(=O)Nc1ccc(Cl)cn1)C1CC1. The molecule has 1 heterocycles. The number of halogens is 1. The van der Waals surface area contributed by atoms with E-state index in [9.17, 15) is 9.59 Å². The summed E-state index contributed by atoms with van der Waals surface area (Å²) in [4.78, 5) is 30.9. The zero-order valence-corrected chi connectivity index (χ0v) is 16.9. The second kappa shape index (κ2) is 9.17. The van der Waals surface area contributed by atoms with E-state index in [1.807, 2.05) is 32.0 Å². The van der Waals surface area contributed by atoms with Crippen LogP contribution in [-0.4, -0.2) is 40.8 Å². The van der Waals surface area contributed by atoms with Crippen molar-refractivity contribution in [1.29, 1.82) is 0 Å². The van der Waals surface area contributed by atoms with Gasteiger partial charge in [0.05, 0.1) is 11.6 Å². The van der Waals surface area contributed by atoms with Gasteiger partial charge in [-0.25, -0.2) is 4.98 Å². The molecule has 2 aromatic rings. The number of amides is 2. The van der Waals surface area contributed by atoms with E-state index >= 15 is 0 Å². The van der Waals surface area contributed by atoms with E-state index in [2.05, 4.69) is 20.5 Å². The number of carbonyl (C=O) groups excluding carboxylic acids is 2. The van der Waals surface area contributed by atoms with Crippen molar-refractivity contribution in [3.8, 4) is 0 Å². The van der Waals surface area contributed by atoms with E-state index in [1.165, 1.54) is 6.20 Å². The number of rotatable bonds is 8. The van der Waals surface area contributed by atoms with Crippen LogP contribution in [0.15, 0.2) is 36.5 Å². The summed E-state index contributed by atoms with van der Waals surface area (Å²) in [6.45, 7) is 4.78. The molecule has 6 nitrogen and oxygen atoms in total. The molecule has 0 aliphatic heterocycles. The quantitative estimate of drug-likeness (QED) is 0.707. The van der Waals surface area contributed by atoms with Crippen LogP contribution in [0, 0.1) is 13.8 Å². The van der Waals surface area contributed by atoms with E-state index in [-0.39, 0.29) is 18.4 Å². The van der Waals surface area contributed by atoms with E-state index < -0.39 is 0 Å². The standard InChI is InChI=1S/C21H25ClN4O2/c1-14-4-3-5-15(2)21(14)25-20(28)13-26(17-7-8-17)11-10-19(27)24-18-9-6-16(22)12-23-18/h3-6,9,12,17H,7-8,10-11,13H2,1-2H3,(H,25,28)(H,23,24,27). The first-order chi connectivity index (χ1) is 13.4. The molecular weight excluding hydrogens is 376 g/mol. The number of aryl methyl sites for hydroxylation is 2. The molecule has 1 aliphatic carbocycles. The van der Waals surface area contributed by atoms with Crippen molar-refractivity contribution >= 4 is 34.9 Å². The van der Waals surface area contributed by atoms with Crippen LogP contribution in [0.4, 0.5) is 11.5 Å². The summed E-state index contributed by atoms with van der Waals surface area (Å²) in [5.74, 6) is 0.292. The van der Waals surface area contributed by atoms with Crippen molar-refractivity contribution in [3.05, 3.63) is 52.7 Å². The van der Waals surface area contributed by atoms with E-state index in [0.29, 0.717) is 29.8 Å². The predicted molar refractivity (Wildman–Crippen MR) is 112 cm³/mol. The normalized spacial score (nSPS) is 13.4. The molecule has 0 radical (unpaired) electrons. The number of anilines is 2. The zero-order chi connectivity index (χ0) is 20.1. The molecule has 0 spiro atoms. The van der Waals surface area contributed by atoms with Gasteiger partial charge < -0.3 is 10.6 Å². The molecule has 2 amide bonds. The lowest BCUT2D eigenvalue weighted by molar-refractivity contribution is -0.119. The lowest BCUT2D eigenvalue weighted by Gasteiger charge is -2.21. The number of aromatic nitrogens is 1. The Balaban J connectivity index is 1.51. The second-order valence-corrected chi connectivity index (χ2v) is 7.61. The highest BCUT2D eigenvalue weighted by Crippen LogP contribution is 2.27. The van der Waals surface area contributed by atoms with Gasteiger partial charge in [-0.3, -0.25) is 14.5 Å². The van der Waals surface area contributed by atoms with Crippen molar-refractivity contribution in [2.24, 2.45) is 0 Å². The number of benzene rings is 1. The Morgan fingerprint density at radius 3 is 2.43 bits per heavy atom. The summed E-state index contributed by atoms with van der Waals surface area (Å²) in [7, 11) is 0. The Bertz CT molecular complexity index is 830. The maximum Gasteiger partial charge on any atom is 0.238 e. The summed E-state index contributed by atoms with van der Waals surface area (Å²) in [6, 6.07) is 9.66. The van der Waals surface area contributed by atoms with Crippen molar-refractivity contribution in [1.82, 2.24) is 9.88 Å². The lowest BCUT2D eigenvalue weighted by Crippen LogP contribution is -2.37. The highest BCUT2D eigenvalue weighted by Gasteiger charge is 2.30. The van der Waals surface area contributed by atoms with E-state index in [1.54, 1.807) is 12.1 Å². The molecule has 1 aliphatic rings. The van der Waals surface area contributed by atoms with Crippen molar-refractivity contribution in [3.63, 3.8) is 0 Å². The first-order valence-corrected chi connectivity index (χ1v) is 9.81. The Hall–Kier alpha value is -2.44. The van der Waals surface area contributed by atoms with Crippen LogP contribution < -0.4 is 10.6 Å². The van der Waals surface area contributed by atoms with Gasteiger partial charge >= 0.3 is 0 Å². The van der Waals surface area contributed by atoms with Crippen molar-refractivity contribution in [2.75, 3.05) is 23.7 Å². The number of carbonyl (C=O) groups is 2. The van der Waals surface area contributed by atoms with Crippen molar-refractivity contribution < 1.29 is 9.59 Å². The monoisotopic (exact) mass is 400 g/mol. The molecule has 1 aromatic heterocycles. The van der Waals surface area contributed by atoms with Gasteiger partial charge in [0, 0.05) is 30.9 Å². The first-order valence-electron chi connectivity index (χ1n) is 9.44. The highest BCUT2D eigenvalue weighted by atomic mass is 35.5. The molecule has 1 aromatic carbocycles. The molecule has 0 bridgehead atoms. The van der Waals surface area contributed by atoms with Gasteiger partial charge in [0.2, 0.25) is 11.8 Å². The predicted octanol–water partition coefficient (Wildman–Crippen LogP) is 3.78. The Kier molecular flexibility index (Phi) is 6.65. The van der Waals surface area contributed by atoms with E-state index in [0.717, 1.165) is 29.7 Å². The van der Waals surface area contributed by atoms with Crippen LogP contribution in [0.3, 0.4) is 0 Å². The van der Waals surface area contributed by atoms with Crippen LogP contribution in [-0.2, 0) is 9.59 Å². The Labute approximate surface area is 170 Å². The van der Waals surface area contributed by atoms with Crippen LogP contribution in [0.25, 0.3) is 0 Å². The van der Waals surface area contributed by atoms with Gasteiger partial charge in [0.15, 0.2) is 0 Å². The molecule has 2 N–H and O–H groups in total. The van der Waals surface area contributed by atoms with Gasteiger partial charge in [-0.05, 0) is 49.9 Å². The van der Waals surface area contributed by atoms with Crippen molar-refractivity contribution in [2.45, 2.75) is 39.2 Å². The maximum absolute atomic E-state index is 12.6. The fourth-order valence-electron chi connectivity index (χ4n) is 3.11. The highest BCUT2D eigenvalue weighted by molar-refractivity contribution is 6.30. The smallest absolute Gasteiger partial charge is 0.238 e. The van der Waals surface area contributed by atoms with Gasteiger partial charge in [-0.2, -0.15) is 0 Å². The molecule has 0 unspecified atom stereocenters. The summed E-state index contributed by atoms with van der Waals surface area (Å²) < 4.78 is 0. The number of para-hydroxylation sites is 1. The summed E-state index contributed by atoms with van der Waals surface area (Å²) in [6.07, 6.45) is 3.93. The first kappa shape index (κ1) is 20.3. The third kappa shape index (κ3) is 5.78. The van der Waals surface area contributed by atoms with E-state index in [4.69, 9.17) is 11.6 Å². The molecule has 1 saturated carbocycles. The number of pyridine rings is 1. The Morgan fingerprint density at radius 2 is 1.82 bits per heavy atom. The van der Waals surface area contributed by atoms with Crippen LogP contribution in [0.5, 0.6) is 0 Å². The second-order valence-electron chi connectivity index (χ2n) is 7.18. The van der Waals surface area contributed by atoms with Crippen LogP contribution in [0.1, 0.15) is 30.4 Å².